The van der Waals surface area contributed by atoms with E-state index in [0.29, 0.717) is 0 Å². The Balaban J connectivity index is 1.66. The number of fused-ring (bicyclic) bond motifs is 3. The van der Waals surface area contributed by atoms with E-state index in [-0.39, 0.29) is 5.41 Å². The van der Waals surface area contributed by atoms with Crippen LogP contribution in [0.3, 0.4) is 0 Å². The lowest BCUT2D eigenvalue weighted by Crippen LogP contribution is -2.26. The summed E-state index contributed by atoms with van der Waals surface area (Å²) in [6.45, 7) is 4.60. The van der Waals surface area contributed by atoms with Crippen molar-refractivity contribution in [2.75, 3.05) is 0 Å². The van der Waals surface area contributed by atoms with Gasteiger partial charge in [0, 0.05) is 5.41 Å². The molecule has 34 heavy (non-hydrogen) atoms. The summed E-state index contributed by atoms with van der Waals surface area (Å²) >= 11 is 0. The summed E-state index contributed by atoms with van der Waals surface area (Å²) in [5, 5.41) is 0. The van der Waals surface area contributed by atoms with E-state index in [9.17, 15) is 0 Å². The minimum Gasteiger partial charge on any atom is -0.0963 e. The van der Waals surface area contributed by atoms with Gasteiger partial charge in [0.25, 0.3) is 0 Å². The van der Waals surface area contributed by atoms with Crippen molar-refractivity contribution in [1.82, 2.24) is 0 Å². The van der Waals surface area contributed by atoms with Crippen molar-refractivity contribution in [2.24, 2.45) is 0 Å². The third-order valence-electron chi connectivity index (χ3n) is 8.21. The Bertz CT molecular complexity index is 816. The summed E-state index contributed by atoms with van der Waals surface area (Å²) in [5.74, 6) is 0. The predicted molar refractivity (Wildman–Crippen MR) is 152 cm³/mol. The molecule has 0 spiro atoms. The van der Waals surface area contributed by atoms with Crippen LogP contribution in [0.4, 0.5) is 0 Å². The van der Waals surface area contributed by atoms with Gasteiger partial charge in [-0.15, -0.1) is 0 Å². The first-order valence-electron chi connectivity index (χ1n) is 14.7. The zero-order chi connectivity index (χ0) is 24.1. The SMILES string of the molecule is [B]c1ccc2c(c1)C(CCCCCCCCCC)(CCCCCCCCCC)c1ccccc1-2. The van der Waals surface area contributed by atoms with Gasteiger partial charge in [0.05, 0.1) is 0 Å². The fraction of sp³-hybridized carbons (Fsp3) is 0.636. The molecule has 0 bridgehead atoms. The standard InChI is InChI=1S/C33H49B/c1-3-5-7-9-11-13-15-19-25-33(26-20-16-14-12-10-8-6-4-2)31-22-18-17-21-29(31)30-24-23-28(34)27-32(30)33/h17-18,21-24,27H,3-16,19-20,25-26H2,1-2H3. The topological polar surface area (TPSA) is 0 Å². The molecule has 2 radical (unpaired) electrons. The maximum absolute atomic E-state index is 6.36. The molecule has 0 heterocycles. The molecule has 0 nitrogen and oxygen atoms in total. The minimum absolute atomic E-state index is 0.158. The lowest BCUT2D eigenvalue weighted by Gasteiger charge is -2.33. The van der Waals surface area contributed by atoms with Gasteiger partial charge in [0.15, 0.2) is 0 Å². The number of hydrogen-bond acceptors (Lipinski definition) is 0. The molecule has 0 fully saturated rings. The molecule has 0 atom stereocenters. The van der Waals surface area contributed by atoms with Gasteiger partial charge < -0.3 is 0 Å². The summed E-state index contributed by atoms with van der Waals surface area (Å²) in [6, 6.07) is 15.9. The molecule has 184 valence electrons. The van der Waals surface area contributed by atoms with E-state index in [1.54, 1.807) is 5.56 Å². The second-order valence-corrected chi connectivity index (χ2v) is 10.9. The normalized spacial score (nSPS) is 13.7. The molecule has 0 aliphatic heterocycles. The van der Waals surface area contributed by atoms with Gasteiger partial charge in [-0.05, 0) is 35.1 Å². The third-order valence-corrected chi connectivity index (χ3v) is 8.21. The van der Waals surface area contributed by atoms with Crippen LogP contribution in [0.25, 0.3) is 11.1 Å². The van der Waals surface area contributed by atoms with Crippen LogP contribution in [-0.4, -0.2) is 7.85 Å². The molecule has 2 aromatic rings. The fourth-order valence-corrected chi connectivity index (χ4v) is 6.26. The van der Waals surface area contributed by atoms with Gasteiger partial charge in [0.1, 0.15) is 7.85 Å². The van der Waals surface area contributed by atoms with Crippen LogP contribution in [0.2, 0.25) is 0 Å². The second kappa shape index (κ2) is 14.8. The third kappa shape index (κ3) is 7.25. The predicted octanol–water partition coefficient (Wildman–Crippen LogP) is 9.81. The van der Waals surface area contributed by atoms with Crippen molar-refractivity contribution in [3.8, 4) is 11.1 Å². The molecular formula is C33H49B. The van der Waals surface area contributed by atoms with Gasteiger partial charge in [-0.25, -0.2) is 0 Å². The largest absolute Gasteiger partial charge is 0.113 e. The number of unbranched alkanes of at least 4 members (excludes halogenated alkanes) is 14. The molecule has 1 aliphatic rings. The van der Waals surface area contributed by atoms with Crippen molar-refractivity contribution < 1.29 is 0 Å². The molecule has 0 saturated heterocycles. The van der Waals surface area contributed by atoms with Crippen molar-refractivity contribution >= 4 is 13.3 Å². The van der Waals surface area contributed by atoms with Gasteiger partial charge in [-0.3, -0.25) is 0 Å². The zero-order valence-electron chi connectivity index (χ0n) is 22.3. The molecule has 0 aromatic heterocycles. The van der Waals surface area contributed by atoms with Crippen LogP contribution in [-0.2, 0) is 5.41 Å². The minimum atomic E-state index is 0.158. The molecule has 1 heteroatoms. The smallest absolute Gasteiger partial charge is 0.0963 e. The summed E-state index contributed by atoms with van der Waals surface area (Å²) in [6.07, 6.45) is 24.7. The molecule has 0 saturated carbocycles. The van der Waals surface area contributed by atoms with Crippen molar-refractivity contribution in [3.05, 3.63) is 53.6 Å². The number of hydrogen-bond donors (Lipinski definition) is 0. The van der Waals surface area contributed by atoms with E-state index in [0.717, 1.165) is 5.46 Å². The van der Waals surface area contributed by atoms with E-state index in [1.807, 2.05) is 0 Å². The average molecular weight is 457 g/mol. The van der Waals surface area contributed by atoms with Crippen LogP contribution in [0.5, 0.6) is 0 Å². The monoisotopic (exact) mass is 456 g/mol. The van der Waals surface area contributed by atoms with Crippen LogP contribution in [0, 0.1) is 0 Å². The highest BCUT2D eigenvalue weighted by Gasteiger charge is 2.41. The number of rotatable bonds is 18. The Kier molecular flexibility index (Phi) is 11.8. The highest BCUT2D eigenvalue weighted by molar-refractivity contribution is 6.32. The lowest BCUT2D eigenvalue weighted by molar-refractivity contribution is 0.397. The highest BCUT2D eigenvalue weighted by Crippen LogP contribution is 2.53. The Morgan fingerprint density at radius 3 is 1.56 bits per heavy atom. The van der Waals surface area contributed by atoms with E-state index >= 15 is 0 Å². The van der Waals surface area contributed by atoms with Gasteiger partial charge >= 0.3 is 0 Å². The molecule has 1 aliphatic carbocycles. The molecule has 0 amide bonds. The molecule has 0 unspecified atom stereocenters. The quantitative estimate of drug-likeness (QED) is 0.155. The van der Waals surface area contributed by atoms with Crippen LogP contribution >= 0.6 is 0 Å². The maximum Gasteiger partial charge on any atom is 0.113 e. The van der Waals surface area contributed by atoms with Crippen molar-refractivity contribution in [1.29, 1.82) is 0 Å². The lowest BCUT2D eigenvalue weighted by atomic mass is 9.70. The zero-order valence-corrected chi connectivity index (χ0v) is 22.3. The van der Waals surface area contributed by atoms with Gasteiger partial charge in [-0.2, -0.15) is 0 Å². The van der Waals surface area contributed by atoms with Gasteiger partial charge in [-0.1, -0.05) is 165 Å². The first-order chi connectivity index (χ1) is 16.7. The first kappa shape index (κ1) is 27.1. The van der Waals surface area contributed by atoms with E-state index < -0.39 is 0 Å². The Morgan fingerprint density at radius 1 is 0.529 bits per heavy atom. The Morgan fingerprint density at radius 2 is 1.00 bits per heavy atom. The summed E-state index contributed by atoms with van der Waals surface area (Å²) in [7, 11) is 6.36. The van der Waals surface area contributed by atoms with Crippen LogP contribution in [0.1, 0.15) is 141 Å². The Labute approximate surface area is 212 Å². The summed E-state index contributed by atoms with van der Waals surface area (Å²) in [4.78, 5) is 0. The van der Waals surface area contributed by atoms with Crippen molar-refractivity contribution in [2.45, 2.75) is 135 Å². The van der Waals surface area contributed by atoms with Crippen LogP contribution < -0.4 is 5.46 Å². The fourth-order valence-electron chi connectivity index (χ4n) is 6.26. The molecule has 0 N–H and O–H groups in total. The van der Waals surface area contributed by atoms with Gasteiger partial charge in [0.2, 0.25) is 0 Å². The average Bonchev–Trinajstić information content (AvgIpc) is 3.12. The molecular weight excluding hydrogens is 407 g/mol. The Hall–Kier alpha value is -1.50. The first-order valence-corrected chi connectivity index (χ1v) is 14.7. The highest BCUT2D eigenvalue weighted by atomic mass is 14.4. The second-order valence-electron chi connectivity index (χ2n) is 10.9. The summed E-state index contributed by atoms with van der Waals surface area (Å²) < 4.78 is 0. The van der Waals surface area contributed by atoms with E-state index in [2.05, 4.69) is 56.3 Å². The maximum atomic E-state index is 6.36. The summed E-state index contributed by atoms with van der Waals surface area (Å²) in [5.41, 5.74) is 7.05. The van der Waals surface area contributed by atoms with E-state index in [1.165, 1.54) is 132 Å². The number of benzene rings is 2. The van der Waals surface area contributed by atoms with E-state index in [4.69, 9.17) is 7.85 Å². The van der Waals surface area contributed by atoms with Crippen molar-refractivity contribution in [3.63, 3.8) is 0 Å². The van der Waals surface area contributed by atoms with Crippen LogP contribution in [0.15, 0.2) is 42.5 Å². The molecule has 2 aromatic carbocycles. The molecule has 3 rings (SSSR count).